The van der Waals surface area contributed by atoms with Gasteiger partial charge in [0.15, 0.2) is 11.5 Å². The second-order valence-corrected chi connectivity index (χ2v) is 5.34. The van der Waals surface area contributed by atoms with Crippen LogP contribution in [0.1, 0.15) is 11.3 Å². The maximum absolute atomic E-state index is 11.9. The highest BCUT2D eigenvalue weighted by molar-refractivity contribution is 6.07. The van der Waals surface area contributed by atoms with Crippen molar-refractivity contribution in [2.75, 3.05) is 5.73 Å². The van der Waals surface area contributed by atoms with E-state index in [1.54, 1.807) is 6.07 Å². The lowest BCUT2D eigenvalue weighted by Crippen LogP contribution is -2.09. The van der Waals surface area contributed by atoms with E-state index < -0.39 is 5.63 Å². The number of nitriles is 1. The Balaban J connectivity index is 2.02. The molecule has 4 rings (SSSR count). The van der Waals surface area contributed by atoms with Gasteiger partial charge in [-0.15, -0.1) is 5.10 Å². The van der Waals surface area contributed by atoms with E-state index in [0.29, 0.717) is 11.1 Å². The first-order valence-corrected chi connectivity index (χ1v) is 7.21. The van der Waals surface area contributed by atoms with Crippen molar-refractivity contribution >= 4 is 27.6 Å². The molecule has 0 saturated carbocycles. The summed E-state index contributed by atoms with van der Waals surface area (Å²) in [6.45, 7) is 0.198. The Morgan fingerprint density at radius 2 is 2.08 bits per heavy atom. The molecule has 0 saturated heterocycles. The fraction of sp³-hybridized carbons (Fsp3) is 0.0588. The molecule has 0 amide bonds. The molecule has 2 aromatic carbocycles. The van der Waals surface area contributed by atoms with Crippen LogP contribution >= 0.6 is 0 Å². The first-order valence-electron chi connectivity index (χ1n) is 7.21. The number of rotatable bonds is 2. The highest BCUT2D eigenvalue weighted by Gasteiger charge is 2.14. The molecule has 7 nitrogen and oxygen atoms in total. The maximum atomic E-state index is 11.9. The molecule has 2 aromatic heterocycles. The Hall–Kier alpha value is -3.66. The lowest BCUT2D eigenvalue weighted by molar-refractivity contribution is 0.555. The normalized spacial score (nSPS) is 11.0. The van der Waals surface area contributed by atoms with Crippen molar-refractivity contribution in [3.63, 3.8) is 0 Å². The summed E-state index contributed by atoms with van der Waals surface area (Å²) in [5.74, 6) is 0.0645. The van der Waals surface area contributed by atoms with Gasteiger partial charge in [-0.05, 0) is 22.4 Å². The number of nitrogens with zero attached hydrogens (tertiary/aromatic N) is 4. The second kappa shape index (κ2) is 5.21. The summed E-state index contributed by atoms with van der Waals surface area (Å²) in [5, 5.41) is 19.6. The van der Waals surface area contributed by atoms with Crippen LogP contribution in [0, 0.1) is 11.3 Å². The van der Waals surface area contributed by atoms with Gasteiger partial charge in [0.25, 0.3) is 0 Å². The van der Waals surface area contributed by atoms with Gasteiger partial charge >= 0.3 is 5.63 Å². The van der Waals surface area contributed by atoms with Gasteiger partial charge in [0.1, 0.15) is 11.7 Å². The molecule has 0 aliphatic carbocycles. The largest absolute Gasteiger partial charge is 0.423 e. The lowest BCUT2D eigenvalue weighted by Gasteiger charge is -2.09. The number of hydrogen-bond acceptors (Lipinski definition) is 6. The molecule has 4 aromatic rings. The van der Waals surface area contributed by atoms with E-state index in [1.807, 2.05) is 36.4 Å². The molecule has 7 heteroatoms. The van der Waals surface area contributed by atoms with E-state index in [-0.39, 0.29) is 18.1 Å². The van der Waals surface area contributed by atoms with Crippen molar-refractivity contribution in [1.29, 1.82) is 5.26 Å². The van der Waals surface area contributed by atoms with E-state index >= 15 is 0 Å². The zero-order valence-electron chi connectivity index (χ0n) is 12.4. The minimum Gasteiger partial charge on any atom is -0.423 e. The van der Waals surface area contributed by atoms with E-state index in [0.717, 1.165) is 16.2 Å². The molecule has 2 heterocycles. The Morgan fingerprint density at radius 1 is 1.25 bits per heavy atom. The summed E-state index contributed by atoms with van der Waals surface area (Å²) in [4.78, 5) is 11.9. The smallest absolute Gasteiger partial charge is 0.336 e. The molecule has 0 fully saturated rings. The molecule has 116 valence electrons. The summed E-state index contributed by atoms with van der Waals surface area (Å²) in [6.07, 6.45) is 0. The van der Waals surface area contributed by atoms with Crippen LogP contribution in [0.3, 0.4) is 0 Å². The van der Waals surface area contributed by atoms with Crippen molar-refractivity contribution in [1.82, 2.24) is 15.0 Å². The minimum absolute atomic E-state index is 0.0645. The summed E-state index contributed by atoms with van der Waals surface area (Å²) >= 11 is 0. The number of nitrogens with two attached hydrogens (primary N) is 1. The second-order valence-electron chi connectivity index (χ2n) is 5.34. The highest BCUT2D eigenvalue weighted by atomic mass is 16.4. The molecule has 0 unspecified atom stereocenters. The number of aromatic nitrogens is 3. The van der Waals surface area contributed by atoms with Crippen molar-refractivity contribution in [3.8, 4) is 6.07 Å². The predicted octanol–water partition coefficient (Wildman–Crippen LogP) is 2.04. The number of benzene rings is 2. The van der Waals surface area contributed by atoms with Gasteiger partial charge in [0.2, 0.25) is 0 Å². The average Bonchev–Trinajstić information content (AvgIpc) is 2.93. The third-order valence-corrected chi connectivity index (χ3v) is 3.90. The first kappa shape index (κ1) is 14.0. The van der Waals surface area contributed by atoms with Crippen LogP contribution in [-0.2, 0) is 6.54 Å². The minimum atomic E-state index is -0.459. The topological polar surface area (TPSA) is 111 Å². The standard InChI is InChI=1S/C17H11N5O2/c18-8-13-17(19)20-21-22(13)9-11-7-15(23)24-14-6-5-10-3-1-2-4-12(10)16(11)14/h1-7H,9,19H2. The molecule has 0 radical (unpaired) electrons. The Bertz CT molecular complexity index is 1180. The van der Waals surface area contributed by atoms with Crippen molar-refractivity contribution in [3.05, 3.63) is 64.1 Å². The molecule has 0 spiro atoms. The van der Waals surface area contributed by atoms with Gasteiger partial charge in [-0.25, -0.2) is 9.48 Å². The summed E-state index contributed by atoms with van der Waals surface area (Å²) in [6, 6.07) is 14.9. The SMILES string of the molecule is N#Cc1c(N)nnn1Cc1cc(=O)oc2ccc3ccccc3c12. The van der Waals surface area contributed by atoms with Gasteiger partial charge in [-0.1, -0.05) is 35.5 Å². The molecule has 24 heavy (non-hydrogen) atoms. The van der Waals surface area contributed by atoms with Gasteiger partial charge in [0.05, 0.1) is 6.54 Å². The van der Waals surface area contributed by atoms with Crippen LogP contribution in [-0.4, -0.2) is 15.0 Å². The van der Waals surface area contributed by atoms with Crippen LogP contribution in [0.25, 0.3) is 21.7 Å². The highest BCUT2D eigenvalue weighted by Crippen LogP contribution is 2.28. The third kappa shape index (κ3) is 2.09. The third-order valence-electron chi connectivity index (χ3n) is 3.90. The number of fused-ring (bicyclic) bond motifs is 3. The molecular formula is C17H11N5O2. The summed E-state index contributed by atoms with van der Waals surface area (Å²) in [5.41, 5.74) is 6.53. The molecule has 0 aliphatic rings. The number of nitrogen functional groups attached to an aromatic ring is 1. The molecular weight excluding hydrogens is 306 g/mol. The first-order chi connectivity index (χ1) is 11.7. The molecule has 0 bridgehead atoms. The predicted molar refractivity (Wildman–Crippen MR) is 88.2 cm³/mol. The molecule has 2 N–H and O–H groups in total. The van der Waals surface area contributed by atoms with Crippen LogP contribution < -0.4 is 11.4 Å². The zero-order chi connectivity index (χ0) is 16.7. The molecule has 0 aliphatic heterocycles. The van der Waals surface area contributed by atoms with Crippen LogP contribution in [0.2, 0.25) is 0 Å². The van der Waals surface area contributed by atoms with Crippen molar-refractivity contribution in [2.24, 2.45) is 0 Å². The van der Waals surface area contributed by atoms with Gasteiger partial charge in [-0.2, -0.15) is 5.26 Å². The van der Waals surface area contributed by atoms with E-state index in [2.05, 4.69) is 10.3 Å². The fourth-order valence-electron chi connectivity index (χ4n) is 2.86. The van der Waals surface area contributed by atoms with E-state index in [4.69, 9.17) is 10.2 Å². The van der Waals surface area contributed by atoms with E-state index in [9.17, 15) is 10.1 Å². The van der Waals surface area contributed by atoms with Gasteiger partial charge < -0.3 is 10.2 Å². The Morgan fingerprint density at radius 3 is 2.92 bits per heavy atom. The van der Waals surface area contributed by atoms with Crippen molar-refractivity contribution < 1.29 is 4.42 Å². The van der Waals surface area contributed by atoms with Crippen LogP contribution in [0.5, 0.6) is 0 Å². The van der Waals surface area contributed by atoms with Crippen molar-refractivity contribution in [2.45, 2.75) is 6.54 Å². The summed E-state index contributed by atoms with van der Waals surface area (Å²) in [7, 11) is 0. The number of hydrogen-bond donors (Lipinski definition) is 1. The fourth-order valence-corrected chi connectivity index (χ4v) is 2.86. The van der Waals surface area contributed by atoms with E-state index in [1.165, 1.54) is 10.7 Å². The van der Waals surface area contributed by atoms with Gasteiger partial charge in [0, 0.05) is 11.5 Å². The summed E-state index contributed by atoms with van der Waals surface area (Å²) < 4.78 is 6.70. The Labute approximate surface area is 135 Å². The van der Waals surface area contributed by atoms with Crippen LogP contribution in [0.4, 0.5) is 5.82 Å². The Kier molecular flexibility index (Phi) is 3.03. The van der Waals surface area contributed by atoms with Gasteiger partial charge in [-0.3, -0.25) is 0 Å². The quantitative estimate of drug-likeness (QED) is 0.447. The number of anilines is 1. The lowest BCUT2D eigenvalue weighted by atomic mass is 10.0. The molecule has 0 atom stereocenters. The monoisotopic (exact) mass is 317 g/mol. The maximum Gasteiger partial charge on any atom is 0.336 e. The van der Waals surface area contributed by atoms with Crippen LogP contribution in [0.15, 0.2) is 51.7 Å². The average molecular weight is 317 g/mol. The zero-order valence-corrected chi connectivity index (χ0v) is 12.4.